The zero-order valence-electron chi connectivity index (χ0n) is 19.7. The average Bonchev–Trinajstić information content (AvgIpc) is 3.09. The van der Waals surface area contributed by atoms with Crippen molar-refractivity contribution >= 4 is 22.8 Å². The Kier molecular flexibility index (Phi) is 6.01. The lowest BCUT2D eigenvalue weighted by molar-refractivity contribution is -0.163. The van der Waals surface area contributed by atoms with Gasteiger partial charge < -0.3 is 29.0 Å². The van der Waals surface area contributed by atoms with Crippen LogP contribution in [0.5, 0.6) is 11.5 Å². The van der Waals surface area contributed by atoms with Crippen LogP contribution in [0, 0.1) is 11.8 Å². The lowest BCUT2D eigenvalue weighted by Crippen LogP contribution is -2.63. The molecule has 2 aliphatic heterocycles. The molecule has 9 nitrogen and oxygen atoms in total. The Morgan fingerprint density at radius 2 is 1.69 bits per heavy atom. The quantitative estimate of drug-likeness (QED) is 0.364. The van der Waals surface area contributed by atoms with Gasteiger partial charge in [-0.2, -0.15) is 0 Å². The van der Waals surface area contributed by atoms with Crippen LogP contribution in [0.25, 0.3) is 11.0 Å². The zero-order chi connectivity index (χ0) is 25.6. The highest BCUT2D eigenvalue weighted by Crippen LogP contribution is 2.47. The molecule has 4 atom stereocenters. The van der Waals surface area contributed by atoms with Gasteiger partial charge in [-0.1, -0.05) is 19.1 Å². The number of carbonyl (C=O) groups is 2. The SMILES string of the molecule is C[C@@H](O)[C@H]1C(=O)N2C(C(=O)O)=C(COc3ccc(COc4ccc5ccc(=O)oc5c4)cc3)[C@H](C)[C@@H]12. The molecule has 2 aromatic carbocycles. The number of hydrogen-bond acceptors (Lipinski definition) is 7. The molecule has 186 valence electrons. The highest BCUT2D eigenvalue weighted by atomic mass is 16.5. The highest BCUT2D eigenvalue weighted by Gasteiger charge is 2.59. The first kappa shape index (κ1) is 23.6. The van der Waals surface area contributed by atoms with E-state index in [1.807, 2.05) is 25.1 Å². The Morgan fingerprint density at radius 1 is 1.03 bits per heavy atom. The summed E-state index contributed by atoms with van der Waals surface area (Å²) in [5, 5.41) is 20.5. The monoisotopic (exact) mass is 491 g/mol. The van der Waals surface area contributed by atoms with Crippen LogP contribution >= 0.6 is 0 Å². The van der Waals surface area contributed by atoms with E-state index in [1.165, 1.54) is 11.0 Å². The van der Waals surface area contributed by atoms with Crippen LogP contribution in [0.4, 0.5) is 0 Å². The molecule has 0 aliphatic carbocycles. The lowest BCUT2D eigenvalue weighted by Gasteiger charge is -2.46. The molecule has 2 aliphatic rings. The lowest BCUT2D eigenvalue weighted by atomic mass is 9.78. The van der Waals surface area contributed by atoms with Crippen molar-refractivity contribution < 1.29 is 33.7 Å². The Bertz CT molecular complexity index is 1420. The molecule has 3 heterocycles. The van der Waals surface area contributed by atoms with Crippen LogP contribution in [-0.4, -0.2) is 45.7 Å². The number of rotatable bonds is 8. The first-order valence-electron chi connectivity index (χ1n) is 11.6. The van der Waals surface area contributed by atoms with Crippen molar-refractivity contribution in [2.24, 2.45) is 11.8 Å². The van der Waals surface area contributed by atoms with E-state index in [1.54, 1.807) is 37.3 Å². The second-order valence-electron chi connectivity index (χ2n) is 9.11. The van der Waals surface area contributed by atoms with E-state index in [0.29, 0.717) is 22.7 Å². The molecule has 0 unspecified atom stereocenters. The third-order valence-corrected chi connectivity index (χ3v) is 6.84. The molecule has 0 radical (unpaired) electrons. The Labute approximate surface area is 206 Å². The second-order valence-corrected chi connectivity index (χ2v) is 9.11. The summed E-state index contributed by atoms with van der Waals surface area (Å²) in [5.74, 6) is -1.29. The molecule has 0 bridgehead atoms. The molecular weight excluding hydrogens is 466 g/mol. The predicted molar refractivity (Wildman–Crippen MR) is 128 cm³/mol. The van der Waals surface area contributed by atoms with Crippen molar-refractivity contribution in [1.82, 2.24) is 4.90 Å². The summed E-state index contributed by atoms with van der Waals surface area (Å²) < 4.78 is 16.9. The Hall–Kier alpha value is -4.11. The summed E-state index contributed by atoms with van der Waals surface area (Å²) in [5.41, 5.74) is 1.38. The average molecular weight is 491 g/mol. The van der Waals surface area contributed by atoms with E-state index < -0.39 is 23.6 Å². The second kappa shape index (κ2) is 9.16. The van der Waals surface area contributed by atoms with Gasteiger partial charge in [0.25, 0.3) is 0 Å². The van der Waals surface area contributed by atoms with E-state index in [0.717, 1.165) is 10.9 Å². The molecule has 0 spiro atoms. The number of benzene rings is 2. The zero-order valence-corrected chi connectivity index (χ0v) is 19.7. The molecule has 1 saturated heterocycles. The molecular formula is C27H25NO8. The molecule has 1 fully saturated rings. The number of carboxylic acids is 1. The van der Waals surface area contributed by atoms with Gasteiger partial charge in [0, 0.05) is 29.0 Å². The van der Waals surface area contributed by atoms with Gasteiger partial charge in [0.2, 0.25) is 5.91 Å². The number of carboxylic acid groups (broad SMARTS) is 1. The number of aliphatic hydroxyl groups is 1. The van der Waals surface area contributed by atoms with Gasteiger partial charge in [-0.15, -0.1) is 0 Å². The fraction of sp³-hybridized carbons (Fsp3) is 0.296. The molecule has 1 amide bonds. The minimum Gasteiger partial charge on any atom is -0.489 e. The van der Waals surface area contributed by atoms with Crippen LogP contribution in [-0.2, 0) is 16.2 Å². The number of fused-ring (bicyclic) bond motifs is 2. The Morgan fingerprint density at radius 3 is 2.39 bits per heavy atom. The largest absolute Gasteiger partial charge is 0.489 e. The van der Waals surface area contributed by atoms with Gasteiger partial charge in [0.1, 0.15) is 36.0 Å². The van der Waals surface area contributed by atoms with E-state index >= 15 is 0 Å². The topological polar surface area (TPSA) is 127 Å². The van der Waals surface area contributed by atoms with Crippen molar-refractivity contribution in [3.8, 4) is 11.5 Å². The standard InChI is InChI=1S/C27H25NO8/c1-14-20(25(27(32)33)28-24(14)23(15(2)29)26(28)31)13-35-18-7-3-16(4-8-18)12-34-19-9-5-17-6-10-22(30)36-21(17)11-19/h3-11,14-15,23-24,29H,12-13H2,1-2H3,(H,32,33)/t14-,15+,23+,24-/m0/s1. The van der Waals surface area contributed by atoms with E-state index in [9.17, 15) is 24.6 Å². The predicted octanol–water partition coefficient (Wildman–Crippen LogP) is 2.95. The molecule has 1 aromatic heterocycles. The fourth-order valence-corrected chi connectivity index (χ4v) is 4.97. The maximum Gasteiger partial charge on any atom is 0.352 e. The van der Waals surface area contributed by atoms with Crippen molar-refractivity contribution in [2.45, 2.75) is 32.6 Å². The molecule has 0 saturated carbocycles. The molecule has 36 heavy (non-hydrogen) atoms. The van der Waals surface area contributed by atoms with Crippen LogP contribution in [0.2, 0.25) is 0 Å². The number of nitrogens with zero attached hydrogens (tertiary/aromatic N) is 1. The summed E-state index contributed by atoms with van der Waals surface area (Å²) in [4.78, 5) is 37.0. The van der Waals surface area contributed by atoms with Crippen molar-refractivity contribution in [3.05, 3.63) is 81.9 Å². The normalized spacial score (nSPS) is 21.8. The van der Waals surface area contributed by atoms with Crippen molar-refractivity contribution in [1.29, 1.82) is 0 Å². The van der Waals surface area contributed by atoms with E-state index in [2.05, 4.69) is 0 Å². The molecule has 2 N–H and O–H groups in total. The van der Waals surface area contributed by atoms with Gasteiger partial charge in [-0.25, -0.2) is 9.59 Å². The molecule has 9 heteroatoms. The van der Waals surface area contributed by atoms with Gasteiger partial charge in [-0.3, -0.25) is 4.79 Å². The van der Waals surface area contributed by atoms with Gasteiger partial charge in [0.05, 0.1) is 18.1 Å². The number of aliphatic hydroxyl groups excluding tert-OH is 1. The minimum atomic E-state index is -1.18. The number of ether oxygens (including phenoxy) is 2. The fourth-order valence-electron chi connectivity index (χ4n) is 4.97. The van der Waals surface area contributed by atoms with Crippen LogP contribution < -0.4 is 15.1 Å². The maximum atomic E-state index is 12.4. The third-order valence-electron chi connectivity index (χ3n) is 6.84. The summed E-state index contributed by atoms with van der Waals surface area (Å²) in [6.07, 6.45) is -0.848. The van der Waals surface area contributed by atoms with Crippen LogP contribution in [0.1, 0.15) is 19.4 Å². The summed E-state index contributed by atoms with van der Waals surface area (Å²) in [7, 11) is 0. The highest BCUT2D eigenvalue weighted by molar-refractivity contribution is 6.00. The minimum absolute atomic E-state index is 0.0216. The number of β-lactam (4-membered cyclic amide) rings is 1. The summed E-state index contributed by atoms with van der Waals surface area (Å²) >= 11 is 0. The van der Waals surface area contributed by atoms with Crippen molar-refractivity contribution in [3.63, 3.8) is 0 Å². The van der Waals surface area contributed by atoms with Crippen LogP contribution in [0.3, 0.4) is 0 Å². The van der Waals surface area contributed by atoms with E-state index in [4.69, 9.17) is 13.9 Å². The summed E-state index contributed by atoms with van der Waals surface area (Å²) in [6, 6.07) is 15.2. The number of aliphatic carboxylic acids is 1. The number of hydrogen-bond donors (Lipinski definition) is 2. The molecule has 5 rings (SSSR count). The first-order chi connectivity index (χ1) is 17.2. The van der Waals surface area contributed by atoms with Gasteiger partial charge in [0.15, 0.2) is 0 Å². The van der Waals surface area contributed by atoms with E-state index in [-0.39, 0.29) is 36.8 Å². The number of amides is 1. The maximum absolute atomic E-state index is 12.4. The van der Waals surface area contributed by atoms with Crippen LogP contribution in [0.15, 0.2) is 75.1 Å². The molecule has 3 aromatic rings. The van der Waals surface area contributed by atoms with Gasteiger partial charge in [-0.05, 0) is 42.8 Å². The van der Waals surface area contributed by atoms with Gasteiger partial charge >= 0.3 is 11.6 Å². The third kappa shape index (κ3) is 4.11. The first-order valence-corrected chi connectivity index (χ1v) is 11.6. The number of carbonyl (C=O) groups excluding carboxylic acids is 1. The van der Waals surface area contributed by atoms with Crippen molar-refractivity contribution in [2.75, 3.05) is 6.61 Å². The Balaban J connectivity index is 1.23. The summed E-state index contributed by atoms with van der Waals surface area (Å²) in [6.45, 7) is 3.71. The smallest absolute Gasteiger partial charge is 0.352 e.